The average molecular weight is 490 g/mol. The van der Waals surface area contributed by atoms with E-state index in [0.29, 0.717) is 35.6 Å². The van der Waals surface area contributed by atoms with E-state index in [9.17, 15) is 8.42 Å². The zero-order valence-electron chi connectivity index (χ0n) is 17.0. The summed E-state index contributed by atoms with van der Waals surface area (Å²) < 4.78 is 34.3. The molecule has 0 aliphatic carbocycles. The number of hydrogen-bond donors (Lipinski definition) is 0. The van der Waals surface area contributed by atoms with Crippen molar-refractivity contribution >= 4 is 26.0 Å². The van der Waals surface area contributed by atoms with E-state index in [0.717, 1.165) is 28.4 Å². The molecule has 0 saturated carbocycles. The van der Waals surface area contributed by atoms with Gasteiger partial charge in [-0.1, -0.05) is 59.2 Å². The molecule has 6 nitrogen and oxygen atoms in total. The fourth-order valence-corrected chi connectivity index (χ4v) is 5.60. The van der Waals surface area contributed by atoms with Crippen molar-refractivity contribution < 1.29 is 12.9 Å². The van der Waals surface area contributed by atoms with E-state index in [4.69, 9.17) is 4.52 Å². The van der Waals surface area contributed by atoms with E-state index >= 15 is 0 Å². The summed E-state index contributed by atoms with van der Waals surface area (Å²) in [4.78, 5) is 4.87. The second-order valence-corrected chi connectivity index (χ2v) is 10.7. The first kappa shape index (κ1) is 21.2. The Bertz CT molecular complexity index is 1130. The van der Waals surface area contributed by atoms with Gasteiger partial charge >= 0.3 is 0 Å². The number of hydrogen-bond acceptors (Lipinski definition) is 5. The molecule has 0 N–H and O–H groups in total. The molecule has 0 radical (unpaired) electrons. The SMILES string of the molecule is CC(C)c1ccc(S(=O)(=O)N2CCC[C@@H](c3nc(-c4cccc(Br)c4)no3)C2)cc1. The van der Waals surface area contributed by atoms with Gasteiger partial charge in [0.2, 0.25) is 21.7 Å². The molecular formula is C22H24BrN3O3S. The van der Waals surface area contributed by atoms with E-state index in [1.54, 1.807) is 12.1 Å². The van der Waals surface area contributed by atoms with Crippen molar-refractivity contribution in [1.29, 1.82) is 0 Å². The summed E-state index contributed by atoms with van der Waals surface area (Å²) in [5, 5.41) is 4.10. The van der Waals surface area contributed by atoms with Gasteiger partial charge in [-0.05, 0) is 48.6 Å². The third-order valence-electron chi connectivity index (χ3n) is 5.44. The molecule has 2 heterocycles. The minimum atomic E-state index is -3.56. The van der Waals surface area contributed by atoms with Gasteiger partial charge in [-0.2, -0.15) is 9.29 Å². The second-order valence-electron chi connectivity index (χ2n) is 7.89. The Morgan fingerprint density at radius 1 is 1.17 bits per heavy atom. The Morgan fingerprint density at radius 3 is 2.63 bits per heavy atom. The van der Waals surface area contributed by atoms with Crippen LogP contribution in [0.25, 0.3) is 11.4 Å². The van der Waals surface area contributed by atoms with Crippen molar-refractivity contribution in [2.24, 2.45) is 0 Å². The highest BCUT2D eigenvalue weighted by Gasteiger charge is 2.33. The molecule has 158 valence electrons. The first-order valence-electron chi connectivity index (χ1n) is 10.0. The van der Waals surface area contributed by atoms with Gasteiger partial charge < -0.3 is 4.52 Å². The zero-order chi connectivity index (χ0) is 21.3. The summed E-state index contributed by atoms with van der Waals surface area (Å²) in [7, 11) is -3.56. The molecule has 8 heteroatoms. The lowest BCUT2D eigenvalue weighted by Gasteiger charge is -2.30. The van der Waals surface area contributed by atoms with Gasteiger partial charge in [-0.25, -0.2) is 8.42 Å². The molecule has 1 aliphatic rings. The van der Waals surface area contributed by atoms with Crippen LogP contribution >= 0.6 is 15.9 Å². The summed E-state index contributed by atoms with van der Waals surface area (Å²) in [6.07, 6.45) is 1.57. The Hall–Kier alpha value is -2.03. The van der Waals surface area contributed by atoms with Crippen LogP contribution in [0.1, 0.15) is 50.0 Å². The van der Waals surface area contributed by atoms with Crippen LogP contribution in [0.3, 0.4) is 0 Å². The lowest BCUT2D eigenvalue weighted by Crippen LogP contribution is -2.39. The standard InChI is InChI=1S/C22H24BrN3O3S/c1-15(2)16-8-10-20(11-9-16)30(27,28)26-12-4-6-18(14-26)22-24-21(25-29-22)17-5-3-7-19(23)13-17/h3,5,7-11,13,15,18H,4,6,12,14H2,1-2H3/t18-/m1/s1. The van der Waals surface area contributed by atoms with E-state index in [1.165, 1.54) is 4.31 Å². The number of aromatic nitrogens is 2. The highest BCUT2D eigenvalue weighted by Crippen LogP contribution is 2.31. The maximum Gasteiger partial charge on any atom is 0.243 e. The molecule has 3 aromatic rings. The first-order valence-corrected chi connectivity index (χ1v) is 12.3. The fraction of sp³-hybridized carbons (Fsp3) is 0.364. The lowest BCUT2D eigenvalue weighted by molar-refractivity contribution is 0.265. The van der Waals surface area contributed by atoms with Gasteiger partial charge in [0.15, 0.2) is 0 Å². The van der Waals surface area contributed by atoms with Gasteiger partial charge in [-0.15, -0.1) is 0 Å². The molecule has 30 heavy (non-hydrogen) atoms. The summed E-state index contributed by atoms with van der Waals surface area (Å²) in [5.41, 5.74) is 1.97. The largest absolute Gasteiger partial charge is 0.339 e. The number of rotatable bonds is 5. The molecule has 0 amide bonds. The molecule has 0 spiro atoms. The molecular weight excluding hydrogens is 466 g/mol. The van der Waals surface area contributed by atoms with E-state index in [2.05, 4.69) is 39.9 Å². The summed E-state index contributed by atoms with van der Waals surface area (Å²) >= 11 is 3.45. The van der Waals surface area contributed by atoms with Crippen LogP contribution in [0.5, 0.6) is 0 Å². The van der Waals surface area contributed by atoms with Crippen molar-refractivity contribution in [2.45, 2.75) is 43.4 Å². The predicted octanol–water partition coefficient (Wildman–Crippen LogP) is 5.19. The van der Waals surface area contributed by atoms with Crippen molar-refractivity contribution in [1.82, 2.24) is 14.4 Å². The van der Waals surface area contributed by atoms with Crippen LogP contribution in [0.15, 0.2) is 62.4 Å². The van der Waals surface area contributed by atoms with Crippen LogP contribution in [0.2, 0.25) is 0 Å². The smallest absolute Gasteiger partial charge is 0.243 e. The van der Waals surface area contributed by atoms with E-state index in [-0.39, 0.29) is 5.92 Å². The Balaban J connectivity index is 1.53. The normalized spacial score (nSPS) is 18.1. The van der Waals surface area contributed by atoms with Gasteiger partial charge in [0.25, 0.3) is 0 Å². The van der Waals surface area contributed by atoms with E-state index < -0.39 is 10.0 Å². The predicted molar refractivity (Wildman–Crippen MR) is 119 cm³/mol. The number of benzene rings is 2. The van der Waals surface area contributed by atoms with Crippen LogP contribution in [0.4, 0.5) is 0 Å². The van der Waals surface area contributed by atoms with E-state index in [1.807, 2.05) is 36.4 Å². The monoisotopic (exact) mass is 489 g/mol. The molecule has 0 unspecified atom stereocenters. The number of halogens is 1. The van der Waals surface area contributed by atoms with Crippen molar-refractivity contribution in [3.8, 4) is 11.4 Å². The maximum atomic E-state index is 13.2. The molecule has 2 aromatic carbocycles. The Kier molecular flexibility index (Phi) is 6.09. The Labute approximate surface area is 185 Å². The first-order chi connectivity index (χ1) is 14.3. The summed E-state index contributed by atoms with van der Waals surface area (Å²) in [6, 6.07) is 14.9. The number of sulfonamides is 1. The van der Waals surface area contributed by atoms with Crippen LogP contribution in [-0.4, -0.2) is 36.0 Å². The van der Waals surface area contributed by atoms with Gasteiger partial charge in [0.05, 0.1) is 10.8 Å². The topological polar surface area (TPSA) is 76.3 Å². The molecule has 4 rings (SSSR count). The fourth-order valence-electron chi connectivity index (χ4n) is 3.68. The molecule has 1 aromatic heterocycles. The zero-order valence-corrected chi connectivity index (χ0v) is 19.4. The molecule has 1 atom stereocenters. The van der Waals surface area contributed by atoms with Gasteiger partial charge in [0.1, 0.15) is 0 Å². The van der Waals surface area contributed by atoms with Crippen LogP contribution in [-0.2, 0) is 10.0 Å². The third kappa shape index (κ3) is 4.36. The quantitative estimate of drug-likeness (QED) is 0.492. The minimum absolute atomic E-state index is 0.114. The minimum Gasteiger partial charge on any atom is -0.339 e. The maximum absolute atomic E-state index is 13.2. The summed E-state index contributed by atoms with van der Waals surface area (Å²) in [6.45, 7) is 5.02. The third-order valence-corrected chi connectivity index (χ3v) is 7.82. The lowest BCUT2D eigenvalue weighted by atomic mass is 10.00. The molecule has 0 bridgehead atoms. The molecule has 1 fully saturated rings. The number of nitrogens with zero attached hydrogens (tertiary/aromatic N) is 3. The highest BCUT2D eigenvalue weighted by molar-refractivity contribution is 9.10. The van der Waals surface area contributed by atoms with Crippen LogP contribution in [0, 0.1) is 0 Å². The average Bonchev–Trinajstić information content (AvgIpc) is 3.24. The van der Waals surface area contributed by atoms with Gasteiger partial charge in [0, 0.05) is 23.1 Å². The molecule has 1 saturated heterocycles. The van der Waals surface area contributed by atoms with Crippen molar-refractivity contribution in [3.63, 3.8) is 0 Å². The summed E-state index contributed by atoms with van der Waals surface area (Å²) in [5.74, 6) is 1.24. The van der Waals surface area contributed by atoms with Crippen molar-refractivity contribution in [3.05, 3.63) is 64.5 Å². The highest BCUT2D eigenvalue weighted by atomic mass is 79.9. The number of piperidine rings is 1. The Morgan fingerprint density at radius 2 is 1.93 bits per heavy atom. The van der Waals surface area contributed by atoms with Gasteiger partial charge in [-0.3, -0.25) is 0 Å². The second kappa shape index (κ2) is 8.61. The van der Waals surface area contributed by atoms with Crippen molar-refractivity contribution in [2.75, 3.05) is 13.1 Å². The molecule has 1 aliphatic heterocycles. The van der Waals surface area contributed by atoms with Crippen LogP contribution < -0.4 is 0 Å².